The normalized spacial score (nSPS) is 11.6. The van der Waals surface area contributed by atoms with Crippen molar-refractivity contribution in [2.75, 3.05) is 14.2 Å². The predicted molar refractivity (Wildman–Crippen MR) is 84.4 cm³/mol. The number of nitrogens with one attached hydrogen (secondary N) is 1. The van der Waals surface area contributed by atoms with E-state index in [1.807, 2.05) is 32.0 Å². The molecular weight excluding hydrogens is 280 g/mol. The minimum absolute atomic E-state index is 0.202. The Bertz CT molecular complexity index is 671. The Morgan fingerprint density at radius 2 is 2.00 bits per heavy atom. The number of hydrogen-bond donors (Lipinski definition) is 1. The van der Waals surface area contributed by atoms with E-state index in [1.54, 1.807) is 25.4 Å². The van der Waals surface area contributed by atoms with Crippen molar-refractivity contribution in [2.45, 2.75) is 19.9 Å². The highest BCUT2D eigenvalue weighted by atomic mass is 16.5. The van der Waals surface area contributed by atoms with E-state index >= 15 is 0 Å². The standard InChI is InChI=1S/C17H20N2O3/c1-11-7-8-15(21-3)14(10-11)12(2)19-16(20)13-6-5-9-18-17(13)22-4/h5-10,12H,1-4H3,(H,19,20). The van der Waals surface area contributed by atoms with Crippen LogP contribution in [0, 0.1) is 6.92 Å². The van der Waals surface area contributed by atoms with E-state index < -0.39 is 0 Å². The number of aryl methyl sites for hydroxylation is 1. The summed E-state index contributed by atoms with van der Waals surface area (Å²) >= 11 is 0. The number of methoxy groups -OCH3 is 2. The Balaban J connectivity index is 2.23. The molecule has 22 heavy (non-hydrogen) atoms. The first kappa shape index (κ1) is 15.8. The van der Waals surface area contributed by atoms with Crippen LogP contribution in [0.4, 0.5) is 0 Å². The van der Waals surface area contributed by atoms with Crippen molar-refractivity contribution in [1.29, 1.82) is 0 Å². The third-order valence-electron chi connectivity index (χ3n) is 3.41. The van der Waals surface area contributed by atoms with Gasteiger partial charge in [-0.1, -0.05) is 17.7 Å². The number of hydrogen-bond acceptors (Lipinski definition) is 4. The van der Waals surface area contributed by atoms with Gasteiger partial charge in [-0.2, -0.15) is 0 Å². The molecule has 1 atom stereocenters. The highest BCUT2D eigenvalue weighted by Gasteiger charge is 2.18. The summed E-state index contributed by atoms with van der Waals surface area (Å²) in [7, 11) is 3.11. The SMILES string of the molecule is COc1ccc(C)cc1C(C)NC(=O)c1cccnc1OC. The van der Waals surface area contributed by atoms with Gasteiger partial charge in [0.05, 0.1) is 20.3 Å². The van der Waals surface area contributed by atoms with Gasteiger partial charge in [0.25, 0.3) is 5.91 Å². The minimum atomic E-state index is -0.235. The van der Waals surface area contributed by atoms with Gasteiger partial charge >= 0.3 is 0 Å². The van der Waals surface area contributed by atoms with Crippen LogP contribution in [0.2, 0.25) is 0 Å². The van der Waals surface area contributed by atoms with Crippen molar-refractivity contribution in [1.82, 2.24) is 10.3 Å². The van der Waals surface area contributed by atoms with E-state index in [4.69, 9.17) is 9.47 Å². The summed E-state index contributed by atoms with van der Waals surface area (Å²) in [4.78, 5) is 16.5. The lowest BCUT2D eigenvalue weighted by Crippen LogP contribution is -2.27. The summed E-state index contributed by atoms with van der Waals surface area (Å²) in [6.45, 7) is 3.92. The molecule has 0 bridgehead atoms. The Kier molecular flexibility index (Phi) is 4.99. The highest BCUT2D eigenvalue weighted by Crippen LogP contribution is 2.26. The van der Waals surface area contributed by atoms with Crippen molar-refractivity contribution in [3.8, 4) is 11.6 Å². The molecular formula is C17H20N2O3. The zero-order valence-corrected chi connectivity index (χ0v) is 13.2. The van der Waals surface area contributed by atoms with E-state index in [9.17, 15) is 4.79 Å². The van der Waals surface area contributed by atoms with Crippen molar-refractivity contribution in [3.05, 3.63) is 53.2 Å². The monoisotopic (exact) mass is 300 g/mol. The van der Waals surface area contributed by atoms with Gasteiger partial charge in [0.1, 0.15) is 11.3 Å². The average Bonchev–Trinajstić information content (AvgIpc) is 2.54. The van der Waals surface area contributed by atoms with Gasteiger partial charge in [0.15, 0.2) is 0 Å². The van der Waals surface area contributed by atoms with Crippen LogP contribution in [0.5, 0.6) is 11.6 Å². The zero-order chi connectivity index (χ0) is 16.1. The zero-order valence-electron chi connectivity index (χ0n) is 13.2. The van der Waals surface area contributed by atoms with E-state index in [0.717, 1.165) is 16.9 Å². The number of pyridine rings is 1. The lowest BCUT2D eigenvalue weighted by Gasteiger charge is -2.18. The molecule has 0 saturated carbocycles. The highest BCUT2D eigenvalue weighted by molar-refractivity contribution is 5.96. The molecule has 2 aromatic rings. The smallest absolute Gasteiger partial charge is 0.257 e. The first-order valence-corrected chi connectivity index (χ1v) is 7.01. The molecule has 0 aliphatic rings. The molecule has 1 amide bonds. The number of benzene rings is 1. The summed E-state index contributed by atoms with van der Waals surface area (Å²) in [5.74, 6) is 0.820. The van der Waals surface area contributed by atoms with Crippen molar-refractivity contribution < 1.29 is 14.3 Å². The first-order chi connectivity index (χ1) is 10.6. The van der Waals surface area contributed by atoms with Crippen LogP contribution in [0.25, 0.3) is 0 Å². The van der Waals surface area contributed by atoms with Gasteiger partial charge < -0.3 is 14.8 Å². The largest absolute Gasteiger partial charge is 0.496 e. The van der Waals surface area contributed by atoms with Crippen molar-refractivity contribution >= 4 is 5.91 Å². The second kappa shape index (κ2) is 6.93. The third-order valence-corrected chi connectivity index (χ3v) is 3.41. The Morgan fingerprint density at radius 1 is 1.23 bits per heavy atom. The number of rotatable bonds is 5. The van der Waals surface area contributed by atoms with Gasteiger partial charge in [0, 0.05) is 11.8 Å². The fourth-order valence-electron chi connectivity index (χ4n) is 2.27. The van der Waals surface area contributed by atoms with Crippen LogP contribution in [-0.4, -0.2) is 25.1 Å². The number of carbonyl (C=O) groups is 1. The summed E-state index contributed by atoms with van der Waals surface area (Å²) < 4.78 is 10.5. The van der Waals surface area contributed by atoms with Crippen LogP contribution in [0.3, 0.4) is 0 Å². The fraction of sp³-hybridized carbons (Fsp3) is 0.294. The molecule has 1 aromatic heterocycles. The number of amides is 1. The van der Waals surface area contributed by atoms with Gasteiger partial charge in [-0.25, -0.2) is 4.98 Å². The molecule has 1 N–H and O–H groups in total. The summed E-state index contributed by atoms with van der Waals surface area (Å²) in [6, 6.07) is 9.06. The summed E-state index contributed by atoms with van der Waals surface area (Å²) in [6.07, 6.45) is 1.59. The van der Waals surface area contributed by atoms with E-state index in [2.05, 4.69) is 10.3 Å². The molecule has 1 heterocycles. The lowest BCUT2D eigenvalue weighted by atomic mass is 10.0. The van der Waals surface area contributed by atoms with Gasteiger partial charge in [-0.3, -0.25) is 4.79 Å². The molecule has 0 saturated heterocycles. The number of nitrogens with zero attached hydrogens (tertiary/aromatic N) is 1. The molecule has 2 rings (SSSR count). The van der Waals surface area contributed by atoms with Crippen LogP contribution >= 0.6 is 0 Å². The Hall–Kier alpha value is -2.56. The number of aromatic nitrogens is 1. The maximum atomic E-state index is 12.4. The quantitative estimate of drug-likeness (QED) is 0.922. The Labute approximate surface area is 130 Å². The Morgan fingerprint density at radius 3 is 2.68 bits per heavy atom. The maximum absolute atomic E-state index is 12.4. The van der Waals surface area contributed by atoms with Crippen molar-refractivity contribution in [2.24, 2.45) is 0 Å². The molecule has 1 aromatic carbocycles. The topological polar surface area (TPSA) is 60.5 Å². The summed E-state index contributed by atoms with van der Waals surface area (Å²) in [5.41, 5.74) is 2.44. The molecule has 5 heteroatoms. The minimum Gasteiger partial charge on any atom is -0.496 e. The van der Waals surface area contributed by atoms with Crippen LogP contribution in [-0.2, 0) is 0 Å². The number of ether oxygens (including phenoxy) is 2. The average molecular weight is 300 g/mol. The molecule has 0 aliphatic heterocycles. The van der Waals surface area contributed by atoms with E-state index in [-0.39, 0.29) is 11.9 Å². The number of carbonyl (C=O) groups excluding carboxylic acids is 1. The first-order valence-electron chi connectivity index (χ1n) is 7.01. The second-order valence-electron chi connectivity index (χ2n) is 5.00. The van der Waals surface area contributed by atoms with E-state index in [0.29, 0.717) is 11.4 Å². The molecule has 0 spiro atoms. The molecule has 0 radical (unpaired) electrons. The molecule has 5 nitrogen and oxygen atoms in total. The van der Waals surface area contributed by atoms with Crippen LogP contribution < -0.4 is 14.8 Å². The van der Waals surface area contributed by atoms with Crippen LogP contribution in [0.1, 0.15) is 34.5 Å². The van der Waals surface area contributed by atoms with Gasteiger partial charge in [-0.15, -0.1) is 0 Å². The molecule has 0 aliphatic carbocycles. The van der Waals surface area contributed by atoms with Crippen molar-refractivity contribution in [3.63, 3.8) is 0 Å². The van der Waals surface area contributed by atoms with Crippen LogP contribution in [0.15, 0.2) is 36.5 Å². The van der Waals surface area contributed by atoms with Gasteiger partial charge in [0.2, 0.25) is 5.88 Å². The fourth-order valence-corrected chi connectivity index (χ4v) is 2.27. The lowest BCUT2D eigenvalue weighted by molar-refractivity contribution is 0.0935. The van der Waals surface area contributed by atoms with Gasteiger partial charge in [-0.05, 0) is 32.0 Å². The molecule has 1 unspecified atom stereocenters. The summed E-state index contributed by atoms with van der Waals surface area (Å²) in [5, 5.41) is 2.95. The maximum Gasteiger partial charge on any atom is 0.257 e. The second-order valence-corrected chi connectivity index (χ2v) is 5.00. The van der Waals surface area contributed by atoms with E-state index in [1.165, 1.54) is 7.11 Å². The third kappa shape index (κ3) is 3.36. The predicted octanol–water partition coefficient (Wildman–Crippen LogP) is 2.90. The molecule has 116 valence electrons. The molecule has 0 fully saturated rings.